The molecule has 3 unspecified atom stereocenters. The van der Waals surface area contributed by atoms with Crippen molar-refractivity contribution in [1.29, 1.82) is 0 Å². The maximum Gasteiger partial charge on any atom is 0.226 e. The molecule has 96 valence electrons. The first-order chi connectivity index (χ1) is 8.22. The zero-order valence-corrected chi connectivity index (χ0v) is 10.3. The predicted molar refractivity (Wildman–Crippen MR) is 64.4 cm³/mol. The third-order valence-electron chi connectivity index (χ3n) is 3.78. The van der Waals surface area contributed by atoms with Crippen molar-refractivity contribution in [2.24, 2.45) is 17.8 Å². The van der Waals surface area contributed by atoms with Crippen molar-refractivity contribution in [2.75, 3.05) is 33.4 Å². The van der Waals surface area contributed by atoms with E-state index in [-0.39, 0.29) is 18.4 Å². The van der Waals surface area contributed by atoms with Gasteiger partial charge in [-0.2, -0.15) is 0 Å². The van der Waals surface area contributed by atoms with Gasteiger partial charge in [0.05, 0.1) is 19.8 Å². The van der Waals surface area contributed by atoms with E-state index in [1.54, 1.807) is 4.90 Å². The number of likely N-dealkylation sites (N-methyl/N-ethyl adjacent to an activating group) is 1. The van der Waals surface area contributed by atoms with Gasteiger partial charge in [0.1, 0.15) is 0 Å². The lowest BCUT2D eigenvalue weighted by atomic mass is 9.92. The van der Waals surface area contributed by atoms with Crippen LogP contribution in [0.3, 0.4) is 0 Å². The summed E-state index contributed by atoms with van der Waals surface area (Å²) in [6.07, 6.45) is 6.62. The Kier molecular flexibility index (Phi) is 4.18. The SMILES string of the molecule is CN(CCOCCO)C(=O)C1CC2C=CC1C2. The average Bonchev–Trinajstić information content (AvgIpc) is 2.95. The highest BCUT2D eigenvalue weighted by Crippen LogP contribution is 2.43. The number of carbonyl (C=O) groups excluding carboxylic acids is 1. The van der Waals surface area contributed by atoms with Gasteiger partial charge in [0.25, 0.3) is 0 Å². The molecule has 1 saturated carbocycles. The molecule has 0 heterocycles. The second kappa shape index (κ2) is 5.65. The topological polar surface area (TPSA) is 49.8 Å². The van der Waals surface area contributed by atoms with Crippen molar-refractivity contribution in [2.45, 2.75) is 12.8 Å². The van der Waals surface area contributed by atoms with Crippen molar-refractivity contribution in [3.8, 4) is 0 Å². The van der Waals surface area contributed by atoms with Crippen LogP contribution in [0.4, 0.5) is 0 Å². The summed E-state index contributed by atoms with van der Waals surface area (Å²) in [5.41, 5.74) is 0. The first kappa shape index (κ1) is 12.6. The fourth-order valence-corrected chi connectivity index (χ4v) is 2.83. The number of allylic oxidation sites excluding steroid dienone is 2. The monoisotopic (exact) mass is 239 g/mol. The van der Waals surface area contributed by atoms with Gasteiger partial charge in [-0.05, 0) is 24.7 Å². The van der Waals surface area contributed by atoms with E-state index in [9.17, 15) is 4.79 Å². The highest BCUT2D eigenvalue weighted by atomic mass is 16.5. The average molecular weight is 239 g/mol. The maximum absolute atomic E-state index is 12.2. The number of aliphatic hydroxyl groups is 1. The summed E-state index contributed by atoms with van der Waals surface area (Å²) < 4.78 is 5.17. The van der Waals surface area contributed by atoms with Crippen LogP contribution in [0.25, 0.3) is 0 Å². The molecule has 0 saturated heterocycles. The fourth-order valence-electron chi connectivity index (χ4n) is 2.83. The van der Waals surface area contributed by atoms with Crippen molar-refractivity contribution in [1.82, 2.24) is 4.90 Å². The van der Waals surface area contributed by atoms with Crippen LogP contribution in [0, 0.1) is 17.8 Å². The molecule has 4 nitrogen and oxygen atoms in total. The molecule has 0 spiro atoms. The summed E-state index contributed by atoms with van der Waals surface area (Å²) >= 11 is 0. The molecule has 0 aromatic heterocycles. The second-order valence-electron chi connectivity index (χ2n) is 4.98. The largest absolute Gasteiger partial charge is 0.394 e. The van der Waals surface area contributed by atoms with E-state index >= 15 is 0 Å². The molecule has 2 rings (SSSR count). The molecule has 3 atom stereocenters. The summed E-state index contributed by atoms with van der Waals surface area (Å²) in [7, 11) is 1.83. The number of hydrogen-bond donors (Lipinski definition) is 1. The van der Waals surface area contributed by atoms with Crippen LogP contribution in [0.5, 0.6) is 0 Å². The van der Waals surface area contributed by atoms with Gasteiger partial charge in [-0.15, -0.1) is 0 Å². The van der Waals surface area contributed by atoms with E-state index in [0.717, 1.165) is 12.8 Å². The molecular formula is C13H21NO3. The Balaban J connectivity index is 1.74. The third-order valence-corrected chi connectivity index (χ3v) is 3.78. The Morgan fingerprint density at radius 1 is 1.41 bits per heavy atom. The molecule has 0 radical (unpaired) electrons. The molecule has 1 N–H and O–H groups in total. The van der Waals surface area contributed by atoms with Crippen molar-refractivity contribution >= 4 is 5.91 Å². The molecule has 2 aliphatic carbocycles. The number of fused-ring (bicyclic) bond motifs is 2. The number of ether oxygens (including phenoxy) is 1. The quantitative estimate of drug-likeness (QED) is 0.547. The number of hydrogen-bond acceptors (Lipinski definition) is 3. The Bertz CT molecular complexity index is 303. The van der Waals surface area contributed by atoms with Gasteiger partial charge in [-0.3, -0.25) is 4.79 Å². The lowest BCUT2D eigenvalue weighted by Crippen LogP contribution is -2.37. The molecule has 1 amide bonds. The Morgan fingerprint density at radius 3 is 2.82 bits per heavy atom. The minimum atomic E-state index is 0.0365. The minimum absolute atomic E-state index is 0.0365. The van der Waals surface area contributed by atoms with Crippen LogP contribution in [0.2, 0.25) is 0 Å². The van der Waals surface area contributed by atoms with E-state index in [4.69, 9.17) is 9.84 Å². The first-order valence-corrected chi connectivity index (χ1v) is 6.34. The van der Waals surface area contributed by atoms with Gasteiger partial charge in [-0.25, -0.2) is 0 Å². The fraction of sp³-hybridized carbons (Fsp3) is 0.769. The van der Waals surface area contributed by atoms with Gasteiger partial charge >= 0.3 is 0 Å². The lowest BCUT2D eigenvalue weighted by molar-refractivity contribution is -0.135. The normalized spacial score (nSPS) is 29.9. The van der Waals surface area contributed by atoms with Gasteiger partial charge < -0.3 is 14.7 Å². The number of aliphatic hydroxyl groups excluding tert-OH is 1. The number of nitrogens with zero attached hydrogens (tertiary/aromatic N) is 1. The number of amides is 1. The van der Waals surface area contributed by atoms with E-state index in [1.807, 2.05) is 7.05 Å². The molecule has 2 bridgehead atoms. The van der Waals surface area contributed by atoms with Crippen LogP contribution < -0.4 is 0 Å². The molecule has 2 aliphatic rings. The standard InChI is InChI=1S/C13H21NO3/c1-14(4-6-17-7-5-15)13(16)12-9-10-2-3-11(12)8-10/h2-3,10-12,15H,4-9H2,1H3. The number of carbonyl (C=O) groups is 1. The summed E-state index contributed by atoms with van der Waals surface area (Å²) in [5.74, 6) is 1.53. The van der Waals surface area contributed by atoms with Gasteiger partial charge in [-0.1, -0.05) is 12.2 Å². The molecule has 17 heavy (non-hydrogen) atoms. The molecular weight excluding hydrogens is 218 g/mol. The maximum atomic E-state index is 12.2. The predicted octanol–water partition coefficient (Wildman–Crippen LogP) is 0.666. The van der Waals surface area contributed by atoms with E-state index in [2.05, 4.69) is 12.2 Å². The van der Waals surface area contributed by atoms with Gasteiger partial charge in [0.2, 0.25) is 5.91 Å². The lowest BCUT2D eigenvalue weighted by Gasteiger charge is -2.24. The second-order valence-corrected chi connectivity index (χ2v) is 4.98. The molecule has 0 aromatic rings. The van der Waals surface area contributed by atoms with Crippen LogP contribution >= 0.6 is 0 Å². The van der Waals surface area contributed by atoms with E-state index in [1.165, 1.54) is 0 Å². The minimum Gasteiger partial charge on any atom is -0.394 e. The Labute approximate surface area is 102 Å². The Hall–Kier alpha value is -0.870. The van der Waals surface area contributed by atoms with E-state index < -0.39 is 0 Å². The van der Waals surface area contributed by atoms with Gasteiger partial charge in [0, 0.05) is 19.5 Å². The third kappa shape index (κ3) is 2.87. The zero-order chi connectivity index (χ0) is 12.3. The number of rotatable bonds is 6. The highest BCUT2D eigenvalue weighted by molar-refractivity contribution is 5.79. The summed E-state index contributed by atoms with van der Waals surface area (Å²) in [6.45, 7) is 1.49. The summed E-state index contributed by atoms with van der Waals surface area (Å²) in [6, 6.07) is 0. The van der Waals surface area contributed by atoms with Crippen LogP contribution in [0.15, 0.2) is 12.2 Å². The molecule has 1 fully saturated rings. The van der Waals surface area contributed by atoms with Gasteiger partial charge in [0.15, 0.2) is 0 Å². The van der Waals surface area contributed by atoms with Crippen LogP contribution in [-0.4, -0.2) is 49.3 Å². The molecule has 0 aromatic carbocycles. The van der Waals surface area contributed by atoms with Crippen molar-refractivity contribution in [3.05, 3.63) is 12.2 Å². The van der Waals surface area contributed by atoms with Crippen molar-refractivity contribution in [3.63, 3.8) is 0 Å². The molecule has 4 heteroatoms. The smallest absolute Gasteiger partial charge is 0.226 e. The summed E-state index contributed by atoms with van der Waals surface area (Å²) in [4.78, 5) is 13.9. The van der Waals surface area contributed by atoms with Crippen LogP contribution in [0.1, 0.15) is 12.8 Å². The Morgan fingerprint density at radius 2 is 2.24 bits per heavy atom. The molecule has 0 aliphatic heterocycles. The highest BCUT2D eigenvalue weighted by Gasteiger charge is 2.40. The van der Waals surface area contributed by atoms with Crippen LogP contribution in [-0.2, 0) is 9.53 Å². The first-order valence-electron chi connectivity index (χ1n) is 6.34. The van der Waals surface area contributed by atoms with E-state index in [0.29, 0.717) is 31.6 Å². The summed E-state index contributed by atoms with van der Waals surface area (Å²) in [5, 5.41) is 8.57. The van der Waals surface area contributed by atoms with Crippen molar-refractivity contribution < 1.29 is 14.6 Å². The zero-order valence-electron chi connectivity index (χ0n) is 10.3.